The van der Waals surface area contributed by atoms with Crippen LogP contribution in [0.4, 0.5) is 0 Å². The summed E-state index contributed by atoms with van der Waals surface area (Å²) in [6.07, 6.45) is 2.60. The van der Waals surface area contributed by atoms with Crippen LogP contribution >= 0.6 is 0 Å². The first-order valence-electron chi connectivity index (χ1n) is 4.69. The molecule has 0 radical (unpaired) electrons. The summed E-state index contributed by atoms with van der Waals surface area (Å²) < 4.78 is 5.58. The molecule has 0 N–H and O–H groups in total. The van der Waals surface area contributed by atoms with Crippen LogP contribution in [0, 0.1) is 6.92 Å². The quantitative estimate of drug-likeness (QED) is 0.727. The molecule has 72 valence electrons. The Morgan fingerprint density at radius 3 is 2.79 bits per heavy atom. The van der Waals surface area contributed by atoms with Crippen LogP contribution in [-0.2, 0) is 6.42 Å². The molecule has 0 saturated carbocycles. The molecule has 0 unspecified atom stereocenters. The lowest BCUT2D eigenvalue weighted by Crippen LogP contribution is -1.81. The Labute approximate surface area is 82.8 Å². The van der Waals surface area contributed by atoms with Crippen molar-refractivity contribution in [3.63, 3.8) is 0 Å². The molecule has 0 aromatic carbocycles. The molecule has 0 saturated heterocycles. The van der Waals surface area contributed by atoms with Gasteiger partial charge in [-0.2, -0.15) is 0 Å². The Morgan fingerprint density at radius 2 is 2.21 bits per heavy atom. The van der Waals surface area contributed by atoms with E-state index in [0.717, 1.165) is 23.6 Å². The fourth-order valence-electron chi connectivity index (χ4n) is 1.35. The van der Waals surface area contributed by atoms with Crippen molar-refractivity contribution in [3.05, 3.63) is 35.9 Å². The van der Waals surface area contributed by atoms with Crippen LogP contribution in [0.1, 0.15) is 18.4 Å². The van der Waals surface area contributed by atoms with Gasteiger partial charge in [-0.15, -0.1) is 0 Å². The first kappa shape index (κ1) is 8.94. The van der Waals surface area contributed by atoms with Crippen molar-refractivity contribution >= 4 is 0 Å². The molecule has 2 aromatic heterocycles. The van der Waals surface area contributed by atoms with Crippen LogP contribution in [0.25, 0.3) is 11.6 Å². The van der Waals surface area contributed by atoms with E-state index in [0.29, 0.717) is 5.89 Å². The van der Waals surface area contributed by atoms with E-state index >= 15 is 0 Å². The second-order valence-corrected chi connectivity index (χ2v) is 3.10. The molecule has 0 spiro atoms. The Hall–Kier alpha value is -1.64. The lowest BCUT2D eigenvalue weighted by molar-refractivity contribution is 0.520. The van der Waals surface area contributed by atoms with Crippen molar-refractivity contribution in [2.45, 2.75) is 20.3 Å². The van der Waals surface area contributed by atoms with Crippen molar-refractivity contribution in [1.29, 1.82) is 0 Å². The molecule has 0 bridgehead atoms. The van der Waals surface area contributed by atoms with E-state index < -0.39 is 0 Å². The van der Waals surface area contributed by atoms with E-state index in [-0.39, 0.29) is 0 Å². The van der Waals surface area contributed by atoms with Gasteiger partial charge >= 0.3 is 0 Å². The van der Waals surface area contributed by atoms with Gasteiger partial charge < -0.3 is 4.42 Å². The zero-order valence-electron chi connectivity index (χ0n) is 8.32. The van der Waals surface area contributed by atoms with E-state index in [1.54, 1.807) is 6.20 Å². The summed E-state index contributed by atoms with van der Waals surface area (Å²) in [5.41, 5.74) is 1.74. The van der Waals surface area contributed by atoms with E-state index in [1.807, 2.05) is 25.1 Å². The van der Waals surface area contributed by atoms with Gasteiger partial charge in [0, 0.05) is 12.6 Å². The molecule has 2 heterocycles. The van der Waals surface area contributed by atoms with Crippen molar-refractivity contribution in [2.75, 3.05) is 0 Å². The fraction of sp³-hybridized carbons (Fsp3) is 0.273. The molecule has 0 aliphatic carbocycles. The van der Waals surface area contributed by atoms with Crippen LogP contribution < -0.4 is 0 Å². The SMILES string of the molecule is CCc1oc(-c2ccccn2)nc1C. The third-order valence-electron chi connectivity index (χ3n) is 2.10. The first-order chi connectivity index (χ1) is 6.81. The van der Waals surface area contributed by atoms with E-state index in [2.05, 4.69) is 16.9 Å². The molecular formula is C11H12N2O. The van der Waals surface area contributed by atoms with Crippen LogP contribution in [0.2, 0.25) is 0 Å². The average molecular weight is 188 g/mol. The summed E-state index contributed by atoms with van der Waals surface area (Å²) in [7, 11) is 0. The van der Waals surface area contributed by atoms with Gasteiger partial charge in [-0.05, 0) is 19.1 Å². The topological polar surface area (TPSA) is 38.9 Å². The molecular weight excluding hydrogens is 176 g/mol. The lowest BCUT2D eigenvalue weighted by Gasteiger charge is -1.91. The summed E-state index contributed by atoms with van der Waals surface area (Å²) in [6, 6.07) is 5.69. The molecule has 14 heavy (non-hydrogen) atoms. The number of oxazole rings is 1. The van der Waals surface area contributed by atoms with Gasteiger partial charge in [0.15, 0.2) is 0 Å². The highest BCUT2D eigenvalue weighted by Gasteiger charge is 2.09. The molecule has 0 amide bonds. The Balaban J connectivity index is 2.43. The van der Waals surface area contributed by atoms with Gasteiger partial charge in [-0.25, -0.2) is 4.98 Å². The Morgan fingerprint density at radius 1 is 1.36 bits per heavy atom. The lowest BCUT2D eigenvalue weighted by atomic mass is 10.3. The number of hydrogen-bond donors (Lipinski definition) is 0. The molecule has 2 aromatic rings. The van der Waals surface area contributed by atoms with Crippen molar-refractivity contribution < 1.29 is 4.42 Å². The number of aryl methyl sites for hydroxylation is 2. The van der Waals surface area contributed by atoms with E-state index in [1.165, 1.54) is 0 Å². The third kappa shape index (κ3) is 1.53. The monoisotopic (exact) mass is 188 g/mol. The zero-order chi connectivity index (χ0) is 9.97. The number of rotatable bonds is 2. The normalized spacial score (nSPS) is 10.4. The molecule has 0 aliphatic rings. The summed E-state index contributed by atoms with van der Waals surface area (Å²) in [4.78, 5) is 8.50. The molecule has 2 rings (SSSR count). The van der Waals surface area contributed by atoms with Gasteiger partial charge in [0.25, 0.3) is 0 Å². The number of nitrogens with zero attached hydrogens (tertiary/aromatic N) is 2. The fourth-order valence-corrected chi connectivity index (χ4v) is 1.35. The minimum atomic E-state index is 0.611. The second-order valence-electron chi connectivity index (χ2n) is 3.10. The Bertz CT molecular complexity index is 420. The van der Waals surface area contributed by atoms with E-state index in [4.69, 9.17) is 4.42 Å². The maximum Gasteiger partial charge on any atom is 0.245 e. The van der Waals surface area contributed by atoms with Crippen molar-refractivity contribution in [1.82, 2.24) is 9.97 Å². The average Bonchev–Trinajstić information content (AvgIpc) is 2.61. The van der Waals surface area contributed by atoms with Gasteiger partial charge in [0.05, 0.1) is 5.69 Å². The van der Waals surface area contributed by atoms with Crippen LogP contribution in [0.15, 0.2) is 28.8 Å². The highest BCUT2D eigenvalue weighted by molar-refractivity contribution is 5.46. The molecule has 3 nitrogen and oxygen atoms in total. The number of pyridine rings is 1. The van der Waals surface area contributed by atoms with Gasteiger partial charge in [0.2, 0.25) is 5.89 Å². The second kappa shape index (κ2) is 3.62. The number of aromatic nitrogens is 2. The standard InChI is InChI=1S/C11H12N2O/c1-3-10-8(2)13-11(14-10)9-6-4-5-7-12-9/h4-7H,3H2,1-2H3. The molecule has 0 aliphatic heterocycles. The van der Waals surface area contributed by atoms with Crippen molar-refractivity contribution in [3.8, 4) is 11.6 Å². The summed E-state index contributed by atoms with van der Waals surface area (Å²) in [5.74, 6) is 1.55. The predicted octanol–water partition coefficient (Wildman–Crippen LogP) is 2.61. The van der Waals surface area contributed by atoms with Crippen molar-refractivity contribution in [2.24, 2.45) is 0 Å². The largest absolute Gasteiger partial charge is 0.440 e. The Kier molecular flexibility index (Phi) is 2.31. The summed E-state index contributed by atoms with van der Waals surface area (Å²) >= 11 is 0. The van der Waals surface area contributed by atoms with E-state index in [9.17, 15) is 0 Å². The minimum Gasteiger partial charge on any atom is -0.440 e. The zero-order valence-corrected chi connectivity index (χ0v) is 8.32. The summed E-state index contributed by atoms with van der Waals surface area (Å²) in [5, 5.41) is 0. The maximum absolute atomic E-state index is 5.58. The maximum atomic E-state index is 5.58. The smallest absolute Gasteiger partial charge is 0.245 e. The third-order valence-corrected chi connectivity index (χ3v) is 2.10. The van der Waals surface area contributed by atoms with Crippen LogP contribution in [0.3, 0.4) is 0 Å². The van der Waals surface area contributed by atoms with Crippen LogP contribution in [-0.4, -0.2) is 9.97 Å². The highest BCUT2D eigenvalue weighted by Crippen LogP contribution is 2.19. The number of hydrogen-bond acceptors (Lipinski definition) is 3. The highest BCUT2D eigenvalue weighted by atomic mass is 16.4. The first-order valence-corrected chi connectivity index (χ1v) is 4.69. The molecule has 0 atom stereocenters. The summed E-state index contributed by atoms with van der Waals surface area (Å²) in [6.45, 7) is 4.00. The van der Waals surface area contributed by atoms with Gasteiger partial charge in [-0.3, -0.25) is 4.98 Å². The molecule has 0 fully saturated rings. The van der Waals surface area contributed by atoms with Gasteiger partial charge in [0.1, 0.15) is 11.5 Å². The predicted molar refractivity (Wildman–Crippen MR) is 53.8 cm³/mol. The minimum absolute atomic E-state index is 0.611. The molecule has 3 heteroatoms. The van der Waals surface area contributed by atoms with Crippen LogP contribution in [0.5, 0.6) is 0 Å². The van der Waals surface area contributed by atoms with Gasteiger partial charge in [-0.1, -0.05) is 13.0 Å².